The zero-order valence-corrected chi connectivity index (χ0v) is 21.2. The predicted molar refractivity (Wildman–Crippen MR) is 141 cm³/mol. The average Bonchev–Trinajstić information content (AvgIpc) is 2.84. The molecule has 7 nitrogen and oxygen atoms in total. The Morgan fingerprint density at radius 1 is 1.00 bits per heavy atom. The van der Waals surface area contributed by atoms with E-state index < -0.39 is 5.91 Å². The van der Waals surface area contributed by atoms with E-state index in [1.54, 1.807) is 18.2 Å². The number of rotatable bonds is 8. The number of methoxy groups -OCH3 is 1. The molecule has 0 heterocycles. The molecule has 0 spiro atoms. The van der Waals surface area contributed by atoms with Gasteiger partial charge in [-0.2, -0.15) is 5.26 Å². The van der Waals surface area contributed by atoms with Crippen LogP contribution >= 0.6 is 11.6 Å². The first kappa shape index (κ1) is 26.3. The normalized spacial score (nSPS) is 10.8. The maximum Gasteiger partial charge on any atom is 0.266 e. The summed E-state index contributed by atoms with van der Waals surface area (Å²) in [5.41, 5.74) is 4.53. The van der Waals surface area contributed by atoms with Crippen LogP contribution < -0.4 is 20.1 Å². The molecule has 0 aromatic heterocycles. The Kier molecular flexibility index (Phi) is 8.71. The molecule has 3 rings (SSSR count). The first-order valence-electron chi connectivity index (χ1n) is 11.1. The van der Waals surface area contributed by atoms with Crippen LogP contribution in [0, 0.1) is 32.1 Å². The second-order valence-electron chi connectivity index (χ2n) is 8.13. The van der Waals surface area contributed by atoms with E-state index >= 15 is 0 Å². The molecule has 3 aromatic carbocycles. The van der Waals surface area contributed by atoms with Crippen LogP contribution in [-0.2, 0) is 9.59 Å². The van der Waals surface area contributed by atoms with Gasteiger partial charge in [0, 0.05) is 11.4 Å². The fourth-order valence-corrected chi connectivity index (χ4v) is 3.73. The molecule has 8 heteroatoms. The van der Waals surface area contributed by atoms with Gasteiger partial charge in [-0.25, -0.2) is 0 Å². The maximum atomic E-state index is 12.7. The predicted octanol–water partition coefficient (Wildman–Crippen LogP) is 5.84. The van der Waals surface area contributed by atoms with E-state index in [4.69, 9.17) is 21.1 Å². The van der Waals surface area contributed by atoms with E-state index in [-0.39, 0.29) is 34.6 Å². The van der Waals surface area contributed by atoms with E-state index in [1.807, 2.05) is 57.2 Å². The van der Waals surface area contributed by atoms with Gasteiger partial charge in [-0.15, -0.1) is 0 Å². The molecule has 0 unspecified atom stereocenters. The number of para-hydroxylation sites is 1. The lowest BCUT2D eigenvalue weighted by Crippen LogP contribution is -2.21. The lowest BCUT2D eigenvalue weighted by atomic mass is 10.1. The monoisotopic (exact) mass is 503 g/mol. The van der Waals surface area contributed by atoms with Crippen molar-refractivity contribution in [2.45, 2.75) is 20.8 Å². The number of ether oxygens (including phenoxy) is 2. The number of benzene rings is 3. The summed E-state index contributed by atoms with van der Waals surface area (Å²) in [6.45, 7) is 5.44. The van der Waals surface area contributed by atoms with Gasteiger partial charge in [0.2, 0.25) is 0 Å². The van der Waals surface area contributed by atoms with Crippen LogP contribution in [0.15, 0.2) is 60.2 Å². The Labute approximate surface area is 215 Å². The summed E-state index contributed by atoms with van der Waals surface area (Å²) in [5.74, 6) is -0.479. The van der Waals surface area contributed by atoms with Gasteiger partial charge in [-0.1, -0.05) is 47.5 Å². The number of carbonyl (C=O) groups excluding carboxylic acids is 2. The number of nitrogens with zero attached hydrogens (tertiary/aromatic N) is 1. The number of hydrogen-bond acceptors (Lipinski definition) is 5. The van der Waals surface area contributed by atoms with Gasteiger partial charge < -0.3 is 20.1 Å². The standard InChI is InChI=1S/C28H26ClN3O4/c1-17-9-10-24(19(3)11-17)32-28(34)21(15-30)12-20-13-22(29)27(25(14-20)35-4)36-16-26(33)31-23-8-6-5-7-18(23)2/h5-14H,16H2,1-4H3,(H,31,33)(H,32,34)/b21-12+. The molecule has 0 aliphatic carbocycles. The van der Waals surface area contributed by atoms with Crippen molar-refractivity contribution in [3.05, 3.63) is 87.4 Å². The number of hydrogen-bond donors (Lipinski definition) is 2. The zero-order chi connectivity index (χ0) is 26.2. The van der Waals surface area contributed by atoms with Crippen molar-refractivity contribution in [2.24, 2.45) is 0 Å². The number of nitriles is 1. The number of halogens is 1. The minimum Gasteiger partial charge on any atom is -0.493 e. The molecule has 0 saturated carbocycles. The van der Waals surface area contributed by atoms with Gasteiger partial charge in [0.15, 0.2) is 18.1 Å². The van der Waals surface area contributed by atoms with Gasteiger partial charge in [0.1, 0.15) is 11.6 Å². The Morgan fingerprint density at radius 2 is 1.72 bits per heavy atom. The second kappa shape index (κ2) is 11.9. The molecule has 3 aromatic rings. The molecule has 0 bridgehead atoms. The van der Waals surface area contributed by atoms with Crippen molar-refractivity contribution < 1.29 is 19.1 Å². The molecule has 2 N–H and O–H groups in total. The van der Waals surface area contributed by atoms with Crippen molar-refractivity contribution >= 4 is 40.9 Å². The molecular formula is C28H26ClN3O4. The smallest absolute Gasteiger partial charge is 0.266 e. The zero-order valence-electron chi connectivity index (χ0n) is 20.4. The highest BCUT2D eigenvalue weighted by Crippen LogP contribution is 2.37. The third-order valence-corrected chi connectivity index (χ3v) is 5.61. The molecule has 0 radical (unpaired) electrons. The van der Waals surface area contributed by atoms with Gasteiger partial charge in [-0.05, 0) is 67.8 Å². The molecular weight excluding hydrogens is 478 g/mol. The molecule has 0 atom stereocenters. The van der Waals surface area contributed by atoms with E-state index in [0.29, 0.717) is 16.9 Å². The number of aryl methyl sites for hydroxylation is 3. The topological polar surface area (TPSA) is 100 Å². The van der Waals surface area contributed by atoms with Crippen LogP contribution in [-0.4, -0.2) is 25.5 Å². The minimum atomic E-state index is -0.548. The average molecular weight is 504 g/mol. The van der Waals surface area contributed by atoms with Gasteiger partial charge in [-0.3, -0.25) is 9.59 Å². The van der Waals surface area contributed by atoms with E-state index in [2.05, 4.69) is 10.6 Å². The molecule has 0 fully saturated rings. The third-order valence-electron chi connectivity index (χ3n) is 5.32. The van der Waals surface area contributed by atoms with Crippen molar-refractivity contribution in [3.63, 3.8) is 0 Å². The van der Waals surface area contributed by atoms with Crippen LogP contribution in [0.1, 0.15) is 22.3 Å². The molecule has 0 saturated heterocycles. The fourth-order valence-electron chi connectivity index (χ4n) is 3.46. The highest BCUT2D eigenvalue weighted by atomic mass is 35.5. The lowest BCUT2D eigenvalue weighted by molar-refractivity contribution is -0.118. The summed E-state index contributed by atoms with van der Waals surface area (Å²) in [4.78, 5) is 25.1. The number of amides is 2. The van der Waals surface area contributed by atoms with Crippen molar-refractivity contribution in [1.82, 2.24) is 0 Å². The van der Waals surface area contributed by atoms with Crippen molar-refractivity contribution in [3.8, 4) is 17.6 Å². The van der Waals surface area contributed by atoms with Crippen molar-refractivity contribution in [2.75, 3.05) is 24.4 Å². The quantitative estimate of drug-likeness (QED) is 0.297. The number of anilines is 2. The summed E-state index contributed by atoms with van der Waals surface area (Å²) in [5, 5.41) is 15.3. The summed E-state index contributed by atoms with van der Waals surface area (Å²) in [6, 6.07) is 18.0. The van der Waals surface area contributed by atoms with E-state index in [9.17, 15) is 14.9 Å². The maximum absolute atomic E-state index is 12.7. The largest absolute Gasteiger partial charge is 0.493 e. The Bertz CT molecular complexity index is 1380. The fraction of sp³-hybridized carbons (Fsp3) is 0.179. The van der Waals surface area contributed by atoms with Crippen LogP contribution in [0.5, 0.6) is 11.5 Å². The van der Waals surface area contributed by atoms with E-state index in [1.165, 1.54) is 19.3 Å². The summed E-state index contributed by atoms with van der Waals surface area (Å²) in [6.07, 6.45) is 1.40. The van der Waals surface area contributed by atoms with Crippen LogP contribution in [0.3, 0.4) is 0 Å². The number of nitrogens with one attached hydrogen (secondary N) is 2. The summed E-state index contributed by atoms with van der Waals surface area (Å²) >= 11 is 6.40. The summed E-state index contributed by atoms with van der Waals surface area (Å²) < 4.78 is 11.0. The van der Waals surface area contributed by atoms with Crippen LogP contribution in [0.4, 0.5) is 11.4 Å². The number of carbonyl (C=O) groups is 2. The van der Waals surface area contributed by atoms with Crippen LogP contribution in [0.25, 0.3) is 6.08 Å². The molecule has 0 aliphatic rings. The lowest BCUT2D eigenvalue weighted by Gasteiger charge is -2.14. The summed E-state index contributed by atoms with van der Waals surface area (Å²) in [7, 11) is 1.43. The third kappa shape index (κ3) is 6.65. The molecule has 0 aliphatic heterocycles. The highest BCUT2D eigenvalue weighted by molar-refractivity contribution is 6.32. The second-order valence-corrected chi connectivity index (χ2v) is 8.54. The first-order valence-corrected chi connectivity index (χ1v) is 11.5. The first-order chi connectivity index (χ1) is 17.2. The molecule has 184 valence electrons. The Morgan fingerprint density at radius 3 is 2.39 bits per heavy atom. The Balaban J connectivity index is 1.76. The van der Waals surface area contributed by atoms with Crippen LogP contribution in [0.2, 0.25) is 5.02 Å². The molecule has 2 amide bonds. The highest BCUT2D eigenvalue weighted by Gasteiger charge is 2.16. The van der Waals surface area contributed by atoms with Crippen molar-refractivity contribution in [1.29, 1.82) is 5.26 Å². The van der Waals surface area contributed by atoms with Gasteiger partial charge in [0.25, 0.3) is 11.8 Å². The Hall–Kier alpha value is -4.28. The molecule has 36 heavy (non-hydrogen) atoms. The SMILES string of the molecule is COc1cc(/C=C(\C#N)C(=O)Nc2ccc(C)cc2C)cc(Cl)c1OCC(=O)Nc1ccccc1C. The minimum absolute atomic E-state index is 0.112. The van der Waals surface area contributed by atoms with Gasteiger partial charge >= 0.3 is 0 Å². The van der Waals surface area contributed by atoms with E-state index in [0.717, 1.165) is 16.7 Å². The van der Waals surface area contributed by atoms with Gasteiger partial charge in [0.05, 0.1) is 12.1 Å².